The molecule has 1 unspecified atom stereocenters. The summed E-state index contributed by atoms with van der Waals surface area (Å²) in [5.74, 6) is -0.541. The first-order chi connectivity index (χ1) is 8.58. The molecular formula is C13H16BrFO3. The van der Waals surface area contributed by atoms with E-state index in [0.717, 1.165) is 12.8 Å². The van der Waals surface area contributed by atoms with E-state index in [9.17, 15) is 9.18 Å². The zero-order valence-corrected chi connectivity index (χ0v) is 12.0. The van der Waals surface area contributed by atoms with E-state index in [1.165, 1.54) is 13.2 Å². The van der Waals surface area contributed by atoms with Crippen molar-refractivity contribution < 1.29 is 18.7 Å². The fourth-order valence-corrected chi connectivity index (χ4v) is 1.71. The number of carbonyl (C=O) groups excluding carboxylic acids is 1. The molecule has 0 heterocycles. The van der Waals surface area contributed by atoms with Crippen molar-refractivity contribution in [3.63, 3.8) is 0 Å². The van der Waals surface area contributed by atoms with E-state index in [0.29, 0.717) is 16.6 Å². The number of esters is 1. The van der Waals surface area contributed by atoms with E-state index < -0.39 is 17.9 Å². The van der Waals surface area contributed by atoms with Gasteiger partial charge in [-0.2, -0.15) is 0 Å². The molecule has 5 heteroatoms. The Hall–Kier alpha value is -1.10. The molecular weight excluding hydrogens is 303 g/mol. The monoisotopic (exact) mass is 318 g/mol. The molecule has 0 bridgehead atoms. The van der Waals surface area contributed by atoms with Crippen LogP contribution in [-0.4, -0.2) is 19.2 Å². The molecule has 1 rings (SSSR count). The SMILES string of the molecule is CCCCC(Oc1ccc(Br)c(F)c1)C(=O)OC. The second-order valence-corrected chi connectivity index (χ2v) is 4.70. The molecule has 3 nitrogen and oxygen atoms in total. The average Bonchev–Trinajstić information content (AvgIpc) is 2.37. The molecule has 0 saturated carbocycles. The second kappa shape index (κ2) is 7.36. The minimum absolute atomic E-state index is 0.321. The van der Waals surface area contributed by atoms with E-state index in [-0.39, 0.29) is 0 Å². The largest absolute Gasteiger partial charge is 0.479 e. The molecule has 0 N–H and O–H groups in total. The molecule has 1 aromatic carbocycles. The van der Waals surface area contributed by atoms with Crippen molar-refractivity contribution in [3.05, 3.63) is 28.5 Å². The van der Waals surface area contributed by atoms with E-state index in [2.05, 4.69) is 20.7 Å². The molecule has 0 radical (unpaired) electrons. The molecule has 0 aliphatic rings. The van der Waals surface area contributed by atoms with Crippen LogP contribution in [0.3, 0.4) is 0 Å². The van der Waals surface area contributed by atoms with Crippen molar-refractivity contribution in [1.82, 2.24) is 0 Å². The predicted octanol–water partition coefficient (Wildman–Crippen LogP) is 3.70. The number of rotatable bonds is 6. The number of hydrogen-bond acceptors (Lipinski definition) is 3. The zero-order valence-electron chi connectivity index (χ0n) is 10.4. The Morgan fingerprint density at radius 1 is 1.50 bits per heavy atom. The van der Waals surface area contributed by atoms with Gasteiger partial charge in [-0.15, -0.1) is 0 Å². The van der Waals surface area contributed by atoms with Crippen LogP contribution in [0.2, 0.25) is 0 Å². The standard InChI is InChI=1S/C13H16BrFO3/c1-3-4-5-12(13(16)17-2)18-9-6-7-10(14)11(15)8-9/h6-8,12H,3-5H2,1-2H3. The van der Waals surface area contributed by atoms with E-state index >= 15 is 0 Å². The summed E-state index contributed by atoms with van der Waals surface area (Å²) in [7, 11) is 1.31. The van der Waals surface area contributed by atoms with Gasteiger partial charge in [-0.1, -0.05) is 13.3 Å². The van der Waals surface area contributed by atoms with Gasteiger partial charge in [0.25, 0.3) is 0 Å². The molecule has 0 amide bonds. The van der Waals surface area contributed by atoms with Crippen LogP contribution in [0.1, 0.15) is 26.2 Å². The summed E-state index contributed by atoms with van der Waals surface area (Å²) >= 11 is 3.06. The van der Waals surface area contributed by atoms with Crippen molar-refractivity contribution in [3.8, 4) is 5.75 Å². The average molecular weight is 319 g/mol. The van der Waals surface area contributed by atoms with E-state index in [1.54, 1.807) is 12.1 Å². The third kappa shape index (κ3) is 4.29. The number of hydrogen-bond donors (Lipinski definition) is 0. The molecule has 0 fully saturated rings. The van der Waals surface area contributed by atoms with Crippen LogP contribution in [0, 0.1) is 5.82 Å². The van der Waals surface area contributed by atoms with Gasteiger partial charge in [0.05, 0.1) is 11.6 Å². The van der Waals surface area contributed by atoms with Crippen molar-refractivity contribution in [2.75, 3.05) is 7.11 Å². The van der Waals surface area contributed by atoms with Gasteiger partial charge in [0.1, 0.15) is 11.6 Å². The zero-order chi connectivity index (χ0) is 13.5. The lowest BCUT2D eigenvalue weighted by molar-refractivity contribution is -0.149. The molecule has 0 saturated heterocycles. The number of halogens is 2. The summed E-state index contributed by atoms with van der Waals surface area (Å²) in [6.07, 6.45) is 1.67. The highest BCUT2D eigenvalue weighted by Crippen LogP contribution is 2.22. The maximum atomic E-state index is 13.3. The third-order valence-electron chi connectivity index (χ3n) is 2.45. The lowest BCUT2D eigenvalue weighted by atomic mass is 10.1. The first-order valence-electron chi connectivity index (χ1n) is 5.78. The Morgan fingerprint density at radius 2 is 2.22 bits per heavy atom. The van der Waals surface area contributed by atoms with Crippen molar-refractivity contribution >= 4 is 21.9 Å². The molecule has 0 aromatic heterocycles. The van der Waals surface area contributed by atoms with Crippen molar-refractivity contribution in [2.24, 2.45) is 0 Å². The summed E-state index contributed by atoms with van der Waals surface area (Å²) in [4.78, 5) is 11.5. The molecule has 0 spiro atoms. The first kappa shape index (κ1) is 15.0. The number of carbonyl (C=O) groups is 1. The Bertz CT molecular complexity index is 409. The molecule has 0 aliphatic heterocycles. The molecule has 100 valence electrons. The van der Waals surface area contributed by atoms with Gasteiger partial charge < -0.3 is 9.47 Å². The quantitative estimate of drug-likeness (QED) is 0.750. The van der Waals surface area contributed by atoms with Crippen LogP contribution in [0.25, 0.3) is 0 Å². The van der Waals surface area contributed by atoms with Gasteiger partial charge >= 0.3 is 5.97 Å². The normalized spacial score (nSPS) is 12.0. The molecule has 0 aliphatic carbocycles. The Balaban J connectivity index is 2.75. The van der Waals surface area contributed by atoms with Crippen LogP contribution < -0.4 is 4.74 Å². The van der Waals surface area contributed by atoms with Gasteiger partial charge in [-0.25, -0.2) is 9.18 Å². The van der Waals surface area contributed by atoms with Crippen LogP contribution in [-0.2, 0) is 9.53 Å². The Labute approximate surface area is 114 Å². The van der Waals surface area contributed by atoms with Crippen LogP contribution in [0.15, 0.2) is 22.7 Å². The third-order valence-corrected chi connectivity index (χ3v) is 3.10. The number of ether oxygens (including phenoxy) is 2. The molecule has 1 atom stereocenters. The van der Waals surface area contributed by atoms with Gasteiger partial charge in [-0.05, 0) is 40.9 Å². The maximum absolute atomic E-state index is 13.3. The van der Waals surface area contributed by atoms with Crippen LogP contribution in [0.5, 0.6) is 5.75 Å². The molecule has 1 aromatic rings. The summed E-state index contributed by atoms with van der Waals surface area (Å²) in [6.45, 7) is 2.02. The topological polar surface area (TPSA) is 35.5 Å². The van der Waals surface area contributed by atoms with Crippen LogP contribution >= 0.6 is 15.9 Å². The lowest BCUT2D eigenvalue weighted by Crippen LogP contribution is -2.28. The Kier molecular flexibility index (Phi) is 6.12. The fourth-order valence-electron chi connectivity index (χ4n) is 1.46. The van der Waals surface area contributed by atoms with E-state index in [1.807, 2.05) is 6.92 Å². The van der Waals surface area contributed by atoms with Gasteiger partial charge in [0, 0.05) is 6.07 Å². The smallest absolute Gasteiger partial charge is 0.347 e. The first-order valence-corrected chi connectivity index (χ1v) is 6.57. The predicted molar refractivity (Wildman–Crippen MR) is 70.1 cm³/mol. The fraction of sp³-hybridized carbons (Fsp3) is 0.462. The van der Waals surface area contributed by atoms with Crippen LogP contribution in [0.4, 0.5) is 4.39 Å². The van der Waals surface area contributed by atoms with Gasteiger partial charge in [0.15, 0.2) is 6.10 Å². The highest BCUT2D eigenvalue weighted by atomic mass is 79.9. The van der Waals surface area contributed by atoms with Crippen molar-refractivity contribution in [2.45, 2.75) is 32.3 Å². The Morgan fingerprint density at radius 3 is 2.78 bits per heavy atom. The van der Waals surface area contributed by atoms with Gasteiger partial charge in [0.2, 0.25) is 0 Å². The number of unbranched alkanes of at least 4 members (excludes halogenated alkanes) is 1. The second-order valence-electron chi connectivity index (χ2n) is 3.85. The number of benzene rings is 1. The van der Waals surface area contributed by atoms with Crippen molar-refractivity contribution in [1.29, 1.82) is 0 Å². The molecule has 18 heavy (non-hydrogen) atoms. The highest BCUT2D eigenvalue weighted by Gasteiger charge is 2.20. The number of methoxy groups -OCH3 is 1. The van der Waals surface area contributed by atoms with Gasteiger partial charge in [-0.3, -0.25) is 0 Å². The summed E-state index contributed by atoms with van der Waals surface area (Å²) in [5, 5.41) is 0. The minimum Gasteiger partial charge on any atom is -0.479 e. The highest BCUT2D eigenvalue weighted by molar-refractivity contribution is 9.10. The summed E-state index contributed by atoms with van der Waals surface area (Å²) in [6, 6.07) is 4.39. The minimum atomic E-state index is -0.685. The summed E-state index contributed by atoms with van der Waals surface area (Å²) in [5.41, 5.74) is 0. The van der Waals surface area contributed by atoms with E-state index in [4.69, 9.17) is 4.74 Å². The summed E-state index contributed by atoms with van der Waals surface area (Å²) < 4.78 is 23.8. The lowest BCUT2D eigenvalue weighted by Gasteiger charge is -2.16. The maximum Gasteiger partial charge on any atom is 0.347 e.